The molecule has 1 aromatic heterocycles. The van der Waals surface area contributed by atoms with Gasteiger partial charge in [-0.2, -0.15) is 0 Å². The van der Waals surface area contributed by atoms with Gasteiger partial charge in [-0.05, 0) is 30.3 Å². The topological polar surface area (TPSA) is 63.7 Å². The van der Waals surface area contributed by atoms with Crippen LogP contribution in [0.3, 0.4) is 0 Å². The Balaban J connectivity index is 1.68. The Morgan fingerprint density at radius 1 is 1.11 bits per heavy atom. The van der Waals surface area contributed by atoms with Gasteiger partial charge in [0.2, 0.25) is 0 Å². The normalized spacial score (nSPS) is 16.8. The van der Waals surface area contributed by atoms with E-state index >= 15 is 0 Å². The fourth-order valence-corrected chi connectivity index (χ4v) is 3.66. The maximum atomic E-state index is 13.3. The van der Waals surface area contributed by atoms with Crippen LogP contribution in [-0.2, 0) is 0 Å². The predicted octanol–water partition coefficient (Wildman–Crippen LogP) is 3.04. The summed E-state index contributed by atoms with van der Waals surface area (Å²) in [6, 6.07) is 17.1. The van der Waals surface area contributed by atoms with Gasteiger partial charge in [-0.25, -0.2) is 4.98 Å². The Kier molecular flexibility index (Phi) is 5.12. The first-order chi connectivity index (χ1) is 13.7. The van der Waals surface area contributed by atoms with Gasteiger partial charge in [0.05, 0.1) is 25.8 Å². The van der Waals surface area contributed by atoms with Gasteiger partial charge in [-0.15, -0.1) is 0 Å². The highest BCUT2D eigenvalue weighted by atomic mass is 16.5. The minimum absolute atomic E-state index is 0.0740. The number of rotatable bonds is 4. The van der Waals surface area contributed by atoms with Crippen LogP contribution in [0.4, 0.5) is 0 Å². The summed E-state index contributed by atoms with van der Waals surface area (Å²) in [6.07, 6.45) is 0. The molecule has 6 heteroatoms. The molecule has 0 radical (unpaired) electrons. The number of fused-ring (bicyclic) bond motifs is 1. The van der Waals surface area contributed by atoms with Crippen molar-refractivity contribution >= 4 is 16.8 Å². The number of pyridine rings is 1. The second kappa shape index (κ2) is 7.86. The molecule has 4 rings (SSSR count). The molecule has 2 heterocycles. The third-order valence-corrected chi connectivity index (χ3v) is 5.12. The van der Waals surface area contributed by atoms with Gasteiger partial charge in [-0.3, -0.25) is 4.79 Å². The first-order valence-electron chi connectivity index (χ1n) is 9.30. The number of methoxy groups -OCH3 is 2. The number of nitrogens with zero attached hydrogens (tertiary/aromatic N) is 2. The molecule has 1 amide bonds. The SMILES string of the molecule is COc1ccc2nc(C(=O)N3CCNCC3c3ccccc3OC)ccc2c1. The van der Waals surface area contributed by atoms with Crippen molar-refractivity contribution in [3.05, 3.63) is 65.9 Å². The van der Waals surface area contributed by atoms with Gasteiger partial charge in [0.1, 0.15) is 17.2 Å². The molecule has 1 saturated heterocycles. The Labute approximate surface area is 164 Å². The van der Waals surface area contributed by atoms with E-state index in [0.717, 1.165) is 34.5 Å². The Hall–Kier alpha value is -3.12. The summed E-state index contributed by atoms with van der Waals surface area (Å²) < 4.78 is 10.8. The monoisotopic (exact) mass is 377 g/mol. The van der Waals surface area contributed by atoms with Gasteiger partial charge >= 0.3 is 0 Å². The smallest absolute Gasteiger partial charge is 0.273 e. The molecule has 1 N–H and O–H groups in total. The summed E-state index contributed by atoms with van der Waals surface area (Å²) in [5, 5.41) is 4.32. The molecule has 0 bridgehead atoms. The average Bonchev–Trinajstić information content (AvgIpc) is 2.77. The van der Waals surface area contributed by atoms with E-state index < -0.39 is 0 Å². The summed E-state index contributed by atoms with van der Waals surface area (Å²) in [5.74, 6) is 1.48. The van der Waals surface area contributed by atoms with E-state index in [1.165, 1.54) is 0 Å². The van der Waals surface area contributed by atoms with E-state index in [4.69, 9.17) is 9.47 Å². The van der Waals surface area contributed by atoms with Crippen molar-refractivity contribution in [2.24, 2.45) is 0 Å². The average molecular weight is 377 g/mol. The van der Waals surface area contributed by atoms with Crippen LogP contribution in [-0.4, -0.2) is 49.6 Å². The second-order valence-corrected chi connectivity index (χ2v) is 6.72. The summed E-state index contributed by atoms with van der Waals surface area (Å²) >= 11 is 0. The zero-order valence-electron chi connectivity index (χ0n) is 16.0. The van der Waals surface area contributed by atoms with Gasteiger partial charge in [0.15, 0.2) is 0 Å². The summed E-state index contributed by atoms with van der Waals surface area (Å²) in [4.78, 5) is 19.8. The molecule has 0 aliphatic carbocycles. The number of aromatic nitrogens is 1. The highest BCUT2D eigenvalue weighted by molar-refractivity contribution is 5.95. The van der Waals surface area contributed by atoms with Crippen molar-refractivity contribution < 1.29 is 14.3 Å². The van der Waals surface area contributed by atoms with Crippen LogP contribution < -0.4 is 14.8 Å². The van der Waals surface area contributed by atoms with E-state index in [-0.39, 0.29) is 11.9 Å². The first-order valence-corrected chi connectivity index (χ1v) is 9.30. The predicted molar refractivity (Wildman–Crippen MR) is 108 cm³/mol. The van der Waals surface area contributed by atoms with Gasteiger partial charge < -0.3 is 19.7 Å². The van der Waals surface area contributed by atoms with E-state index in [0.29, 0.717) is 18.8 Å². The Morgan fingerprint density at radius 3 is 2.79 bits per heavy atom. The maximum absolute atomic E-state index is 13.3. The fraction of sp³-hybridized carbons (Fsp3) is 0.273. The van der Waals surface area contributed by atoms with E-state index in [2.05, 4.69) is 10.3 Å². The van der Waals surface area contributed by atoms with Crippen LogP contribution in [0.15, 0.2) is 54.6 Å². The second-order valence-electron chi connectivity index (χ2n) is 6.72. The molecule has 2 aromatic carbocycles. The van der Waals surface area contributed by atoms with E-state index in [1.54, 1.807) is 20.3 Å². The minimum Gasteiger partial charge on any atom is -0.497 e. The fourth-order valence-electron chi connectivity index (χ4n) is 3.66. The summed E-state index contributed by atoms with van der Waals surface area (Å²) in [7, 11) is 3.29. The van der Waals surface area contributed by atoms with Gasteiger partial charge in [0.25, 0.3) is 5.91 Å². The van der Waals surface area contributed by atoms with Gasteiger partial charge in [0, 0.05) is 30.6 Å². The molecule has 1 unspecified atom stereocenters. The Morgan fingerprint density at radius 2 is 1.96 bits per heavy atom. The maximum Gasteiger partial charge on any atom is 0.273 e. The number of carbonyl (C=O) groups is 1. The van der Waals surface area contributed by atoms with Gasteiger partial charge in [-0.1, -0.05) is 24.3 Å². The highest BCUT2D eigenvalue weighted by Gasteiger charge is 2.31. The van der Waals surface area contributed by atoms with Crippen molar-refractivity contribution in [3.8, 4) is 11.5 Å². The van der Waals surface area contributed by atoms with Crippen LogP contribution in [0, 0.1) is 0 Å². The molecule has 6 nitrogen and oxygen atoms in total. The summed E-state index contributed by atoms with van der Waals surface area (Å²) in [6.45, 7) is 2.04. The van der Waals surface area contributed by atoms with Crippen LogP contribution in [0.1, 0.15) is 22.1 Å². The first kappa shape index (κ1) is 18.3. The molecule has 0 saturated carbocycles. The molecule has 3 aromatic rings. The number of carbonyl (C=O) groups excluding carboxylic acids is 1. The number of ether oxygens (including phenoxy) is 2. The highest BCUT2D eigenvalue weighted by Crippen LogP contribution is 2.31. The molecular weight excluding hydrogens is 354 g/mol. The lowest BCUT2D eigenvalue weighted by atomic mass is 10.0. The number of hydrogen-bond acceptors (Lipinski definition) is 5. The molecule has 1 fully saturated rings. The third-order valence-electron chi connectivity index (χ3n) is 5.12. The lowest BCUT2D eigenvalue weighted by Crippen LogP contribution is -2.49. The third kappa shape index (κ3) is 3.39. The quantitative estimate of drug-likeness (QED) is 0.757. The van der Waals surface area contributed by atoms with Crippen LogP contribution in [0.5, 0.6) is 11.5 Å². The molecule has 1 aliphatic rings. The largest absolute Gasteiger partial charge is 0.497 e. The molecule has 1 aliphatic heterocycles. The lowest BCUT2D eigenvalue weighted by molar-refractivity contribution is 0.0626. The van der Waals surface area contributed by atoms with Crippen molar-refractivity contribution in [1.82, 2.24) is 15.2 Å². The van der Waals surface area contributed by atoms with Crippen molar-refractivity contribution in [2.75, 3.05) is 33.9 Å². The number of piperazine rings is 1. The van der Waals surface area contributed by atoms with E-state index in [1.807, 2.05) is 53.4 Å². The number of nitrogens with one attached hydrogen (secondary N) is 1. The molecular formula is C22H23N3O3. The van der Waals surface area contributed by atoms with Crippen molar-refractivity contribution in [3.63, 3.8) is 0 Å². The standard InChI is InChI=1S/C22H23N3O3/c1-27-16-8-10-18-15(13-16)7-9-19(24-18)22(26)25-12-11-23-14-20(25)17-5-3-4-6-21(17)28-2/h3-10,13,20,23H,11-12,14H2,1-2H3. The van der Waals surface area contributed by atoms with Crippen LogP contribution in [0.25, 0.3) is 10.9 Å². The van der Waals surface area contributed by atoms with Crippen LogP contribution >= 0.6 is 0 Å². The van der Waals surface area contributed by atoms with Crippen molar-refractivity contribution in [2.45, 2.75) is 6.04 Å². The number of amides is 1. The number of benzene rings is 2. The van der Waals surface area contributed by atoms with E-state index in [9.17, 15) is 4.79 Å². The number of hydrogen-bond donors (Lipinski definition) is 1. The zero-order chi connectivity index (χ0) is 19.5. The van der Waals surface area contributed by atoms with Crippen LogP contribution in [0.2, 0.25) is 0 Å². The molecule has 1 atom stereocenters. The zero-order valence-corrected chi connectivity index (χ0v) is 16.0. The molecule has 144 valence electrons. The Bertz CT molecular complexity index is 1010. The van der Waals surface area contributed by atoms with Crippen molar-refractivity contribution in [1.29, 1.82) is 0 Å². The lowest BCUT2D eigenvalue weighted by Gasteiger charge is -2.37. The summed E-state index contributed by atoms with van der Waals surface area (Å²) in [5.41, 5.74) is 2.21. The molecule has 28 heavy (non-hydrogen) atoms. The number of para-hydroxylation sites is 1. The molecule has 0 spiro atoms. The minimum atomic E-state index is -0.106.